The van der Waals surface area contributed by atoms with E-state index in [4.69, 9.17) is 0 Å². The van der Waals surface area contributed by atoms with E-state index in [1.54, 1.807) is 0 Å². The van der Waals surface area contributed by atoms with E-state index >= 15 is 0 Å². The molecule has 0 aromatic heterocycles. The number of hydrogen-bond acceptors (Lipinski definition) is 2. The SMILES string of the molecule is CCCCC.CCCCNC(=O)C(=O)NCCC.[U]. The van der Waals surface area contributed by atoms with Gasteiger partial charge in [0.25, 0.3) is 0 Å². The molecule has 0 fully saturated rings. The van der Waals surface area contributed by atoms with Crippen LogP contribution in [0.3, 0.4) is 0 Å². The van der Waals surface area contributed by atoms with Gasteiger partial charge in [0.2, 0.25) is 0 Å². The fourth-order valence-corrected chi connectivity index (χ4v) is 1.13. The third-order valence-electron chi connectivity index (χ3n) is 2.26. The molecule has 0 bridgehead atoms. The number of carbonyl (C=O) groups is 2. The zero-order valence-electron chi connectivity index (χ0n) is 13.0. The van der Waals surface area contributed by atoms with Gasteiger partial charge in [-0.05, 0) is 12.8 Å². The molecule has 0 saturated heterocycles. The fourth-order valence-electron chi connectivity index (χ4n) is 1.13. The van der Waals surface area contributed by atoms with Crippen LogP contribution in [0.4, 0.5) is 0 Å². The normalized spacial score (nSPS) is 8.63. The van der Waals surface area contributed by atoms with Gasteiger partial charge in [0.05, 0.1) is 0 Å². The van der Waals surface area contributed by atoms with Crippen LogP contribution >= 0.6 is 0 Å². The minimum absolute atomic E-state index is 0. The first-order valence-corrected chi connectivity index (χ1v) is 7.19. The van der Waals surface area contributed by atoms with Crippen LogP contribution in [0, 0.1) is 31.1 Å². The van der Waals surface area contributed by atoms with E-state index in [9.17, 15) is 9.59 Å². The van der Waals surface area contributed by atoms with Gasteiger partial charge >= 0.3 is 11.8 Å². The molecule has 0 spiro atoms. The van der Waals surface area contributed by atoms with Crippen molar-refractivity contribution < 1.29 is 40.7 Å². The van der Waals surface area contributed by atoms with Gasteiger partial charge in [-0.1, -0.05) is 53.4 Å². The van der Waals surface area contributed by atoms with Gasteiger partial charge in [-0.15, -0.1) is 0 Å². The van der Waals surface area contributed by atoms with Crippen molar-refractivity contribution in [2.24, 2.45) is 0 Å². The van der Waals surface area contributed by atoms with Crippen LogP contribution in [0.15, 0.2) is 0 Å². The third kappa shape index (κ3) is 20.5. The molecule has 0 heterocycles. The largest absolute Gasteiger partial charge is 0.348 e. The van der Waals surface area contributed by atoms with Gasteiger partial charge in [-0.2, -0.15) is 0 Å². The second kappa shape index (κ2) is 20.3. The molecular formula is C14H30N2O2U. The molecule has 112 valence electrons. The van der Waals surface area contributed by atoms with E-state index in [2.05, 4.69) is 24.5 Å². The summed E-state index contributed by atoms with van der Waals surface area (Å²) in [6.07, 6.45) is 6.84. The Balaban J connectivity index is -0.000000366. The monoisotopic (exact) mass is 496 g/mol. The molecular weight excluding hydrogens is 466 g/mol. The van der Waals surface area contributed by atoms with Crippen molar-refractivity contribution in [3.8, 4) is 0 Å². The van der Waals surface area contributed by atoms with Crippen molar-refractivity contribution in [1.29, 1.82) is 0 Å². The zero-order valence-corrected chi connectivity index (χ0v) is 17.1. The van der Waals surface area contributed by atoms with Gasteiger partial charge in [0.1, 0.15) is 0 Å². The molecule has 5 heteroatoms. The summed E-state index contributed by atoms with van der Waals surface area (Å²) in [7, 11) is 0. The summed E-state index contributed by atoms with van der Waals surface area (Å²) < 4.78 is 0. The van der Waals surface area contributed by atoms with Crippen LogP contribution in [0.1, 0.15) is 66.2 Å². The number of rotatable bonds is 7. The Morgan fingerprint density at radius 3 is 1.42 bits per heavy atom. The quantitative estimate of drug-likeness (QED) is 0.421. The molecule has 2 amide bonds. The maximum absolute atomic E-state index is 11.0. The molecule has 0 aromatic rings. The topological polar surface area (TPSA) is 58.2 Å². The van der Waals surface area contributed by atoms with Crippen LogP contribution in [-0.4, -0.2) is 24.9 Å². The summed E-state index contributed by atoms with van der Waals surface area (Å²) >= 11 is 0. The van der Waals surface area contributed by atoms with E-state index in [-0.39, 0.29) is 31.1 Å². The maximum atomic E-state index is 11.0. The smallest absolute Gasteiger partial charge is 0.309 e. The standard InChI is InChI=1S/C9H18N2O2.C5H12.U/c1-3-5-7-11-9(13)8(12)10-6-4-2;1-3-5-4-2;/h3-7H2,1-2H3,(H,10,12)(H,11,13);3-5H2,1-2H3;. The molecule has 0 aliphatic rings. The summed E-state index contributed by atoms with van der Waals surface area (Å²) in [5.74, 6) is -1.06. The first-order chi connectivity index (χ1) is 8.63. The zero-order chi connectivity index (χ0) is 14.2. The van der Waals surface area contributed by atoms with Gasteiger partial charge in [0.15, 0.2) is 0 Å². The summed E-state index contributed by atoms with van der Waals surface area (Å²) in [6, 6.07) is 0. The number of amides is 2. The van der Waals surface area contributed by atoms with Gasteiger partial charge in [0, 0.05) is 44.2 Å². The molecule has 0 aromatic carbocycles. The number of unbranched alkanes of at least 4 members (excludes halogenated alkanes) is 3. The summed E-state index contributed by atoms with van der Waals surface area (Å²) in [4.78, 5) is 22.0. The Bertz CT molecular complexity index is 210. The molecule has 0 aliphatic carbocycles. The predicted molar refractivity (Wildman–Crippen MR) is 76.4 cm³/mol. The van der Waals surface area contributed by atoms with Crippen molar-refractivity contribution in [2.75, 3.05) is 13.1 Å². The minimum Gasteiger partial charge on any atom is -0.348 e. The van der Waals surface area contributed by atoms with Crippen LogP contribution in [0.2, 0.25) is 0 Å². The first kappa shape index (κ1) is 24.0. The summed E-state index contributed by atoms with van der Waals surface area (Å²) in [6.45, 7) is 9.53. The van der Waals surface area contributed by atoms with Crippen molar-refractivity contribution >= 4 is 11.8 Å². The minimum atomic E-state index is -0.530. The van der Waals surface area contributed by atoms with Crippen LogP contribution in [-0.2, 0) is 9.59 Å². The van der Waals surface area contributed by atoms with E-state index in [0.29, 0.717) is 13.1 Å². The van der Waals surface area contributed by atoms with E-state index in [1.807, 2.05) is 13.8 Å². The summed E-state index contributed by atoms with van der Waals surface area (Å²) in [5.41, 5.74) is 0. The van der Waals surface area contributed by atoms with Crippen molar-refractivity contribution in [2.45, 2.75) is 66.2 Å². The maximum Gasteiger partial charge on any atom is 0.309 e. The number of nitrogens with one attached hydrogen (secondary N) is 2. The molecule has 0 saturated carbocycles. The van der Waals surface area contributed by atoms with E-state index in [0.717, 1.165) is 19.3 Å². The Labute approximate surface area is 142 Å². The van der Waals surface area contributed by atoms with Crippen molar-refractivity contribution in [3.05, 3.63) is 0 Å². The van der Waals surface area contributed by atoms with Crippen molar-refractivity contribution in [3.63, 3.8) is 0 Å². The Kier molecular flexibility index (Phi) is 25.7. The fraction of sp³-hybridized carbons (Fsp3) is 0.857. The van der Waals surface area contributed by atoms with Gasteiger partial charge in [-0.3, -0.25) is 9.59 Å². The molecule has 0 atom stereocenters. The number of hydrogen-bond donors (Lipinski definition) is 2. The average Bonchev–Trinajstić information content (AvgIpc) is 2.37. The van der Waals surface area contributed by atoms with Crippen molar-refractivity contribution in [1.82, 2.24) is 10.6 Å². The molecule has 19 heavy (non-hydrogen) atoms. The molecule has 0 unspecified atom stereocenters. The van der Waals surface area contributed by atoms with Gasteiger partial charge < -0.3 is 10.6 Å². The third-order valence-corrected chi connectivity index (χ3v) is 2.26. The van der Waals surface area contributed by atoms with Crippen LogP contribution in [0.25, 0.3) is 0 Å². The molecule has 0 aliphatic heterocycles. The van der Waals surface area contributed by atoms with E-state index < -0.39 is 11.8 Å². The molecule has 0 radical (unpaired) electrons. The second-order valence-corrected chi connectivity index (χ2v) is 4.22. The van der Waals surface area contributed by atoms with Crippen LogP contribution < -0.4 is 10.6 Å². The molecule has 4 nitrogen and oxygen atoms in total. The predicted octanol–water partition coefficient (Wildman–Crippen LogP) is 2.63. The summed E-state index contributed by atoms with van der Waals surface area (Å²) in [5, 5.41) is 5.05. The van der Waals surface area contributed by atoms with Crippen LogP contribution in [0.5, 0.6) is 0 Å². The Morgan fingerprint density at radius 1 is 0.684 bits per heavy atom. The number of carbonyl (C=O) groups excluding carboxylic acids is 2. The second-order valence-electron chi connectivity index (χ2n) is 4.22. The van der Waals surface area contributed by atoms with Gasteiger partial charge in [-0.25, -0.2) is 0 Å². The Hall–Kier alpha value is -0.00805. The molecule has 2 N–H and O–H groups in total. The molecule has 0 rings (SSSR count). The average molecular weight is 496 g/mol. The van der Waals surface area contributed by atoms with E-state index in [1.165, 1.54) is 19.3 Å². The Morgan fingerprint density at radius 2 is 1.11 bits per heavy atom. The first-order valence-electron chi connectivity index (χ1n) is 7.19.